The molecule has 0 aliphatic carbocycles. The molecule has 0 spiro atoms. The van der Waals surface area contributed by atoms with E-state index in [0.29, 0.717) is 6.04 Å². The van der Waals surface area contributed by atoms with E-state index in [0.717, 1.165) is 24.6 Å². The molecule has 13 heavy (non-hydrogen) atoms. The van der Waals surface area contributed by atoms with Gasteiger partial charge in [-0.05, 0) is 32.0 Å². The van der Waals surface area contributed by atoms with Crippen molar-refractivity contribution in [3.63, 3.8) is 0 Å². The lowest BCUT2D eigenvalue weighted by atomic mass is 10.1. The number of hydrogen-bond donors (Lipinski definition) is 1. The molecule has 1 fully saturated rings. The zero-order valence-electron chi connectivity index (χ0n) is 7.79. The fourth-order valence-corrected chi connectivity index (χ4v) is 1.23. The smallest absolute Gasteiger partial charge is 0.137 e. The summed E-state index contributed by atoms with van der Waals surface area (Å²) in [5, 5.41) is 3.28. The van der Waals surface area contributed by atoms with Gasteiger partial charge in [-0.3, -0.25) is 4.98 Å². The molecule has 2 heterocycles. The number of ether oxygens (including phenoxy) is 1. The molecule has 1 atom stereocenters. The van der Waals surface area contributed by atoms with Crippen molar-refractivity contribution in [3.05, 3.63) is 24.0 Å². The molecule has 3 heteroatoms. The van der Waals surface area contributed by atoms with E-state index in [1.54, 1.807) is 6.20 Å². The molecular weight excluding hydrogens is 164 g/mol. The van der Waals surface area contributed by atoms with Gasteiger partial charge >= 0.3 is 0 Å². The third-order valence-electron chi connectivity index (χ3n) is 2.26. The predicted molar refractivity (Wildman–Crippen MR) is 50.9 cm³/mol. The summed E-state index contributed by atoms with van der Waals surface area (Å²) in [5.41, 5.74) is 1.02. The summed E-state index contributed by atoms with van der Waals surface area (Å²) in [6.45, 7) is 3.85. The van der Waals surface area contributed by atoms with Crippen LogP contribution in [0.5, 0.6) is 5.75 Å². The maximum atomic E-state index is 5.54. The molecule has 1 N–H and O–H groups in total. The quantitative estimate of drug-likeness (QED) is 0.753. The minimum absolute atomic E-state index is 0.543. The van der Waals surface area contributed by atoms with Gasteiger partial charge in [0.1, 0.15) is 12.4 Å². The van der Waals surface area contributed by atoms with Crippen molar-refractivity contribution < 1.29 is 4.74 Å². The topological polar surface area (TPSA) is 34.1 Å². The largest absolute Gasteiger partial charge is 0.490 e. The predicted octanol–water partition coefficient (Wildman–Crippen LogP) is 1.13. The van der Waals surface area contributed by atoms with Crippen LogP contribution in [0.25, 0.3) is 0 Å². The Kier molecular flexibility index (Phi) is 2.45. The first-order chi connectivity index (χ1) is 6.34. The highest BCUT2D eigenvalue weighted by Gasteiger charge is 2.16. The number of nitrogens with one attached hydrogen (secondary N) is 1. The number of hydrogen-bond acceptors (Lipinski definition) is 3. The standard InChI is InChI=1S/C10H14N2O/c1-8-2-3-10(6-12-8)13-7-9-4-5-11-9/h2-3,6,9,11H,4-5,7H2,1H3/t9-/m1/s1. The van der Waals surface area contributed by atoms with Crippen LogP contribution in [0.2, 0.25) is 0 Å². The van der Waals surface area contributed by atoms with Crippen molar-refractivity contribution in [1.29, 1.82) is 0 Å². The van der Waals surface area contributed by atoms with E-state index in [1.807, 2.05) is 19.1 Å². The van der Waals surface area contributed by atoms with E-state index in [1.165, 1.54) is 6.42 Å². The van der Waals surface area contributed by atoms with Crippen molar-refractivity contribution in [1.82, 2.24) is 10.3 Å². The number of aryl methyl sites for hydroxylation is 1. The lowest BCUT2D eigenvalue weighted by molar-refractivity contribution is 0.217. The van der Waals surface area contributed by atoms with Crippen LogP contribution in [0, 0.1) is 6.92 Å². The normalized spacial score (nSPS) is 20.8. The summed E-state index contributed by atoms with van der Waals surface area (Å²) >= 11 is 0. The molecule has 1 aliphatic rings. The first-order valence-corrected chi connectivity index (χ1v) is 4.63. The SMILES string of the molecule is Cc1ccc(OC[C@H]2CCN2)cn1. The molecule has 0 unspecified atom stereocenters. The van der Waals surface area contributed by atoms with E-state index >= 15 is 0 Å². The Morgan fingerprint density at radius 2 is 2.46 bits per heavy atom. The second-order valence-electron chi connectivity index (χ2n) is 3.39. The molecule has 2 rings (SSSR count). The number of aromatic nitrogens is 1. The molecular formula is C10H14N2O. The zero-order valence-corrected chi connectivity index (χ0v) is 7.79. The first kappa shape index (κ1) is 8.51. The number of pyridine rings is 1. The molecule has 1 aliphatic heterocycles. The van der Waals surface area contributed by atoms with Crippen LogP contribution in [0.1, 0.15) is 12.1 Å². The van der Waals surface area contributed by atoms with Crippen LogP contribution in [0.4, 0.5) is 0 Å². The highest BCUT2D eigenvalue weighted by atomic mass is 16.5. The third-order valence-corrected chi connectivity index (χ3v) is 2.26. The van der Waals surface area contributed by atoms with Crippen LogP contribution in [-0.2, 0) is 0 Å². The summed E-state index contributed by atoms with van der Waals surface area (Å²) < 4.78 is 5.54. The maximum absolute atomic E-state index is 5.54. The Morgan fingerprint density at radius 3 is 3.00 bits per heavy atom. The van der Waals surface area contributed by atoms with Gasteiger partial charge in [0.05, 0.1) is 6.20 Å². The van der Waals surface area contributed by atoms with E-state index < -0.39 is 0 Å². The lowest BCUT2D eigenvalue weighted by Crippen LogP contribution is -2.46. The second-order valence-corrected chi connectivity index (χ2v) is 3.39. The Hall–Kier alpha value is -1.09. The molecule has 1 aromatic heterocycles. The van der Waals surface area contributed by atoms with Crippen LogP contribution in [0.3, 0.4) is 0 Å². The van der Waals surface area contributed by atoms with Crippen molar-refractivity contribution in [3.8, 4) is 5.75 Å². The van der Waals surface area contributed by atoms with Gasteiger partial charge in [-0.2, -0.15) is 0 Å². The highest BCUT2D eigenvalue weighted by molar-refractivity contribution is 5.19. The van der Waals surface area contributed by atoms with Crippen molar-refractivity contribution in [2.45, 2.75) is 19.4 Å². The van der Waals surface area contributed by atoms with Gasteiger partial charge in [0, 0.05) is 11.7 Å². The van der Waals surface area contributed by atoms with Crippen LogP contribution in [-0.4, -0.2) is 24.2 Å². The summed E-state index contributed by atoms with van der Waals surface area (Å²) in [6, 6.07) is 4.46. The number of rotatable bonds is 3. The maximum Gasteiger partial charge on any atom is 0.137 e. The van der Waals surface area contributed by atoms with Gasteiger partial charge in [0.2, 0.25) is 0 Å². The van der Waals surface area contributed by atoms with Gasteiger partial charge in [-0.1, -0.05) is 0 Å². The average molecular weight is 178 g/mol. The Labute approximate surface area is 78.1 Å². The molecule has 70 valence electrons. The highest BCUT2D eigenvalue weighted by Crippen LogP contribution is 2.10. The fourth-order valence-electron chi connectivity index (χ4n) is 1.23. The minimum Gasteiger partial charge on any atom is -0.490 e. The molecule has 1 saturated heterocycles. The molecule has 0 radical (unpaired) electrons. The van der Waals surface area contributed by atoms with Gasteiger partial charge < -0.3 is 10.1 Å². The van der Waals surface area contributed by atoms with Gasteiger partial charge in [0.15, 0.2) is 0 Å². The van der Waals surface area contributed by atoms with Gasteiger partial charge in [-0.15, -0.1) is 0 Å². The number of nitrogens with zero attached hydrogens (tertiary/aromatic N) is 1. The van der Waals surface area contributed by atoms with Gasteiger partial charge in [-0.25, -0.2) is 0 Å². The molecule has 0 bridgehead atoms. The Bertz CT molecular complexity index is 267. The van der Waals surface area contributed by atoms with Crippen LogP contribution >= 0.6 is 0 Å². The van der Waals surface area contributed by atoms with Crippen molar-refractivity contribution >= 4 is 0 Å². The van der Waals surface area contributed by atoms with Crippen molar-refractivity contribution in [2.24, 2.45) is 0 Å². The Morgan fingerprint density at radius 1 is 1.62 bits per heavy atom. The van der Waals surface area contributed by atoms with Crippen molar-refractivity contribution in [2.75, 3.05) is 13.2 Å². The van der Waals surface area contributed by atoms with Crippen LogP contribution < -0.4 is 10.1 Å². The summed E-state index contributed by atoms with van der Waals surface area (Å²) in [7, 11) is 0. The summed E-state index contributed by atoms with van der Waals surface area (Å²) in [6.07, 6.45) is 2.99. The summed E-state index contributed by atoms with van der Waals surface area (Å²) in [4.78, 5) is 4.16. The Balaban J connectivity index is 1.83. The minimum atomic E-state index is 0.543. The molecule has 0 saturated carbocycles. The van der Waals surface area contributed by atoms with Gasteiger partial charge in [0.25, 0.3) is 0 Å². The van der Waals surface area contributed by atoms with E-state index in [9.17, 15) is 0 Å². The molecule has 0 aromatic carbocycles. The molecule has 1 aromatic rings. The molecule has 0 amide bonds. The second kappa shape index (κ2) is 3.75. The van der Waals surface area contributed by atoms with E-state index in [4.69, 9.17) is 4.74 Å². The zero-order chi connectivity index (χ0) is 9.10. The lowest BCUT2D eigenvalue weighted by Gasteiger charge is -2.27. The van der Waals surface area contributed by atoms with E-state index in [2.05, 4.69) is 10.3 Å². The average Bonchev–Trinajstić information content (AvgIpc) is 2.05. The molecule has 3 nitrogen and oxygen atoms in total. The van der Waals surface area contributed by atoms with Crippen LogP contribution in [0.15, 0.2) is 18.3 Å². The van der Waals surface area contributed by atoms with E-state index in [-0.39, 0.29) is 0 Å². The monoisotopic (exact) mass is 178 g/mol. The summed E-state index contributed by atoms with van der Waals surface area (Å²) in [5.74, 6) is 0.860. The fraction of sp³-hybridized carbons (Fsp3) is 0.500. The first-order valence-electron chi connectivity index (χ1n) is 4.63. The third kappa shape index (κ3) is 2.18.